The van der Waals surface area contributed by atoms with Crippen LogP contribution in [0, 0.1) is 0 Å². The molecule has 11 heteroatoms. The molecule has 0 bridgehead atoms. The van der Waals surface area contributed by atoms with Gasteiger partial charge in [0.2, 0.25) is 20.0 Å². The highest BCUT2D eigenvalue weighted by Crippen LogP contribution is 2.30. The lowest BCUT2D eigenvalue weighted by molar-refractivity contribution is 0.102. The third kappa shape index (κ3) is 4.81. The molecule has 0 spiro atoms. The van der Waals surface area contributed by atoms with E-state index in [-0.39, 0.29) is 21.1 Å². The second kappa shape index (κ2) is 8.72. The van der Waals surface area contributed by atoms with E-state index in [0.717, 1.165) is 19.3 Å². The molecule has 9 nitrogen and oxygen atoms in total. The number of hydrogen-bond acceptors (Lipinski definition) is 6. The molecule has 2 aromatic carbocycles. The Bertz CT molecular complexity index is 1140. The van der Waals surface area contributed by atoms with E-state index in [9.17, 15) is 21.6 Å². The summed E-state index contributed by atoms with van der Waals surface area (Å²) < 4.78 is 55.4. The van der Waals surface area contributed by atoms with E-state index in [2.05, 4.69) is 5.32 Å². The van der Waals surface area contributed by atoms with Crippen molar-refractivity contribution in [2.24, 2.45) is 5.14 Å². The summed E-state index contributed by atoms with van der Waals surface area (Å²) >= 11 is 0. The Labute approximate surface area is 175 Å². The first-order valence-electron chi connectivity index (χ1n) is 9.25. The molecule has 0 atom stereocenters. The van der Waals surface area contributed by atoms with Gasteiger partial charge in [0.15, 0.2) is 0 Å². The summed E-state index contributed by atoms with van der Waals surface area (Å²) in [6.07, 6.45) is 2.56. The van der Waals surface area contributed by atoms with Crippen molar-refractivity contribution in [1.82, 2.24) is 4.31 Å². The van der Waals surface area contributed by atoms with Crippen molar-refractivity contribution < 1.29 is 26.4 Å². The highest BCUT2D eigenvalue weighted by atomic mass is 32.2. The molecule has 3 rings (SSSR count). The highest BCUT2D eigenvalue weighted by molar-refractivity contribution is 7.89. The molecule has 1 aliphatic heterocycles. The predicted molar refractivity (Wildman–Crippen MR) is 111 cm³/mol. The van der Waals surface area contributed by atoms with E-state index < -0.39 is 26.0 Å². The van der Waals surface area contributed by atoms with Gasteiger partial charge in [0.25, 0.3) is 5.91 Å². The van der Waals surface area contributed by atoms with Crippen LogP contribution in [-0.2, 0) is 20.0 Å². The van der Waals surface area contributed by atoms with Gasteiger partial charge in [0.1, 0.15) is 10.6 Å². The number of benzene rings is 2. The van der Waals surface area contributed by atoms with Gasteiger partial charge in [-0.05, 0) is 55.3 Å². The number of anilines is 1. The van der Waals surface area contributed by atoms with Crippen LogP contribution in [0.2, 0.25) is 0 Å². The zero-order valence-electron chi connectivity index (χ0n) is 16.4. The summed E-state index contributed by atoms with van der Waals surface area (Å²) in [5, 5.41) is 7.67. The molecule has 1 aliphatic rings. The standard InChI is InChI=1S/C19H23N3O6S2/c1-28-17-10-5-14(13-18(17)30(26,27)22-11-3-2-4-12-22)19(23)21-15-6-8-16(9-7-15)29(20,24)25/h5-10,13H,2-4,11-12H2,1H3,(H,21,23)(H2,20,24,25). The molecule has 162 valence electrons. The number of primary sulfonamides is 1. The Morgan fingerprint density at radius 3 is 2.20 bits per heavy atom. The van der Waals surface area contributed by atoms with Crippen LogP contribution < -0.4 is 15.2 Å². The van der Waals surface area contributed by atoms with Crippen LogP contribution in [0.4, 0.5) is 5.69 Å². The molecular weight excluding hydrogens is 430 g/mol. The average molecular weight is 454 g/mol. The fraction of sp³-hybridized carbons (Fsp3) is 0.316. The maximum Gasteiger partial charge on any atom is 0.255 e. The first-order valence-corrected chi connectivity index (χ1v) is 12.2. The molecule has 1 heterocycles. The summed E-state index contributed by atoms with van der Waals surface area (Å²) in [5.41, 5.74) is 0.463. The Balaban J connectivity index is 1.87. The molecule has 3 N–H and O–H groups in total. The summed E-state index contributed by atoms with van der Waals surface area (Å²) in [7, 11) is -6.27. The normalized spacial score (nSPS) is 15.5. The number of nitrogens with one attached hydrogen (secondary N) is 1. The number of hydrogen-bond donors (Lipinski definition) is 2. The minimum absolute atomic E-state index is 0.0656. The highest BCUT2D eigenvalue weighted by Gasteiger charge is 2.29. The number of sulfonamides is 2. The van der Waals surface area contributed by atoms with Crippen LogP contribution in [0.1, 0.15) is 29.6 Å². The van der Waals surface area contributed by atoms with Gasteiger partial charge in [0, 0.05) is 24.3 Å². The van der Waals surface area contributed by atoms with Crippen molar-refractivity contribution in [3.05, 3.63) is 48.0 Å². The van der Waals surface area contributed by atoms with Gasteiger partial charge in [-0.15, -0.1) is 0 Å². The van der Waals surface area contributed by atoms with Crippen LogP contribution in [0.3, 0.4) is 0 Å². The van der Waals surface area contributed by atoms with Crippen LogP contribution >= 0.6 is 0 Å². The number of nitrogens with zero attached hydrogens (tertiary/aromatic N) is 1. The van der Waals surface area contributed by atoms with E-state index in [1.54, 1.807) is 0 Å². The molecular formula is C19H23N3O6S2. The van der Waals surface area contributed by atoms with Crippen LogP contribution in [0.25, 0.3) is 0 Å². The minimum atomic E-state index is -3.84. The van der Waals surface area contributed by atoms with Gasteiger partial charge in [-0.25, -0.2) is 22.0 Å². The van der Waals surface area contributed by atoms with Crippen molar-refractivity contribution in [2.45, 2.75) is 29.1 Å². The number of amides is 1. The van der Waals surface area contributed by atoms with Gasteiger partial charge >= 0.3 is 0 Å². The number of carbonyl (C=O) groups excluding carboxylic acids is 1. The predicted octanol–water partition coefficient (Wildman–Crippen LogP) is 1.77. The first-order chi connectivity index (χ1) is 14.1. The van der Waals surface area contributed by atoms with Crippen molar-refractivity contribution in [1.29, 1.82) is 0 Å². The fourth-order valence-corrected chi connectivity index (χ4v) is 5.41. The largest absolute Gasteiger partial charge is 0.495 e. The van der Waals surface area contributed by atoms with Crippen LogP contribution in [0.5, 0.6) is 5.75 Å². The van der Waals surface area contributed by atoms with Crippen molar-refractivity contribution in [2.75, 3.05) is 25.5 Å². The van der Waals surface area contributed by atoms with Crippen molar-refractivity contribution in [3.8, 4) is 5.75 Å². The molecule has 0 aromatic heterocycles. The Hall–Kier alpha value is -2.47. The monoisotopic (exact) mass is 453 g/mol. The number of carbonyl (C=O) groups is 1. The molecule has 0 saturated carbocycles. The van der Waals surface area contributed by atoms with Gasteiger partial charge < -0.3 is 10.1 Å². The SMILES string of the molecule is COc1ccc(C(=O)Nc2ccc(S(N)(=O)=O)cc2)cc1S(=O)(=O)N1CCCCC1. The Kier molecular flexibility index (Phi) is 6.46. The minimum Gasteiger partial charge on any atom is -0.495 e. The van der Waals surface area contributed by atoms with Gasteiger partial charge in [-0.3, -0.25) is 4.79 Å². The molecule has 0 radical (unpaired) electrons. The lowest BCUT2D eigenvalue weighted by atomic mass is 10.2. The smallest absolute Gasteiger partial charge is 0.255 e. The molecule has 1 saturated heterocycles. The fourth-order valence-electron chi connectivity index (χ4n) is 3.20. The first kappa shape index (κ1) is 22.2. The molecule has 2 aromatic rings. The topological polar surface area (TPSA) is 136 Å². The average Bonchev–Trinajstić information content (AvgIpc) is 2.73. The number of rotatable bonds is 6. The molecule has 30 heavy (non-hydrogen) atoms. The molecule has 0 aliphatic carbocycles. The van der Waals surface area contributed by atoms with E-state index in [0.29, 0.717) is 18.8 Å². The van der Waals surface area contributed by atoms with E-state index in [1.165, 1.54) is 53.9 Å². The van der Waals surface area contributed by atoms with Gasteiger partial charge in [0.05, 0.1) is 12.0 Å². The zero-order chi connectivity index (χ0) is 21.9. The number of nitrogens with two attached hydrogens (primary N) is 1. The summed E-state index contributed by atoms with van der Waals surface area (Å²) in [5.74, 6) is -0.384. The lowest BCUT2D eigenvalue weighted by Crippen LogP contribution is -2.35. The molecule has 0 unspecified atom stereocenters. The maximum absolute atomic E-state index is 13.1. The third-order valence-corrected chi connectivity index (χ3v) is 7.65. The van der Waals surface area contributed by atoms with Crippen LogP contribution in [-0.4, -0.2) is 47.2 Å². The van der Waals surface area contributed by atoms with Crippen LogP contribution in [0.15, 0.2) is 52.3 Å². The molecule has 1 amide bonds. The van der Waals surface area contributed by atoms with Crippen molar-refractivity contribution in [3.63, 3.8) is 0 Å². The number of methoxy groups -OCH3 is 1. The summed E-state index contributed by atoms with van der Waals surface area (Å²) in [6, 6.07) is 9.52. The van der Waals surface area contributed by atoms with Gasteiger partial charge in [-0.2, -0.15) is 4.31 Å². The number of piperidine rings is 1. The quantitative estimate of drug-likeness (QED) is 0.684. The number of ether oxygens (including phenoxy) is 1. The Morgan fingerprint density at radius 2 is 1.63 bits per heavy atom. The van der Waals surface area contributed by atoms with Gasteiger partial charge in [-0.1, -0.05) is 6.42 Å². The molecule has 1 fully saturated rings. The van der Waals surface area contributed by atoms with E-state index in [1.807, 2.05) is 0 Å². The lowest BCUT2D eigenvalue weighted by Gasteiger charge is -2.26. The van der Waals surface area contributed by atoms with Crippen molar-refractivity contribution >= 4 is 31.6 Å². The summed E-state index contributed by atoms with van der Waals surface area (Å²) in [6.45, 7) is 0.858. The summed E-state index contributed by atoms with van der Waals surface area (Å²) in [4.78, 5) is 12.5. The van der Waals surface area contributed by atoms with E-state index in [4.69, 9.17) is 9.88 Å². The zero-order valence-corrected chi connectivity index (χ0v) is 18.0. The second-order valence-corrected chi connectivity index (χ2v) is 10.3. The maximum atomic E-state index is 13.1. The Morgan fingerprint density at radius 1 is 1.00 bits per heavy atom. The third-order valence-electron chi connectivity index (χ3n) is 4.80. The second-order valence-electron chi connectivity index (χ2n) is 6.85. The van der Waals surface area contributed by atoms with E-state index >= 15 is 0 Å².